The fourth-order valence-electron chi connectivity index (χ4n) is 7.78. The van der Waals surface area contributed by atoms with E-state index in [0.717, 1.165) is 27.9 Å². The fraction of sp³-hybridized carbons (Fsp3) is 0.420. The Morgan fingerprint density at radius 2 is 1.07 bits per heavy atom. The Labute approximate surface area is 346 Å². The highest BCUT2D eigenvalue weighted by molar-refractivity contribution is 7.00. The number of carbonyl (C=O) groups is 1. The standard InChI is InChI=1S/C50H68O5Si2/c1-38(37-53-47(52)48(4,5)6)35-46(55-57(50(10,11)12,43-29-21-15-22-30-43)44-31-23-16-24-32-44)45(51)36-40(3)39(2)33-34-54-56(49(7,8)9,41-25-17-13-18-26-41)42-27-19-14-20-28-42/h13-32,35,39,45-46,51H,3,33-34,36-37H2,1-2,4-12H3/b38-35+/t39-,45?,46+/m0/s1. The normalized spacial score (nSPS) is 14.8. The van der Waals surface area contributed by atoms with Crippen molar-refractivity contribution in [3.8, 4) is 0 Å². The topological polar surface area (TPSA) is 65.0 Å². The number of esters is 1. The molecule has 306 valence electrons. The van der Waals surface area contributed by atoms with E-state index in [4.69, 9.17) is 13.6 Å². The molecule has 0 aliphatic rings. The molecule has 0 amide bonds. The third-order valence-electron chi connectivity index (χ3n) is 11.1. The van der Waals surface area contributed by atoms with Gasteiger partial charge in [-0.15, -0.1) is 0 Å². The average molecular weight is 805 g/mol. The summed E-state index contributed by atoms with van der Waals surface area (Å²) < 4.78 is 20.5. The zero-order valence-electron chi connectivity index (χ0n) is 36.5. The lowest BCUT2D eigenvalue weighted by molar-refractivity contribution is -0.151. The van der Waals surface area contributed by atoms with E-state index in [2.05, 4.69) is 164 Å². The SMILES string of the molecule is C=C(CC(O)[C@@H](/C=C(\C)COC(=O)C(C)(C)C)O[Si](c1ccccc1)(c1ccccc1)C(C)(C)C)[C@@H](C)CCO[Si](c1ccccc1)(c1ccccc1)C(C)(C)C. The van der Waals surface area contributed by atoms with Gasteiger partial charge in [-0.1, -0.05) is 188 Å². The van der Waals surface area contributed by atoms with Crippen molar-refractivity contribution in [1.82, 2.24) is 0 Å². The Bertz CT molecular complexity index is 1810. The minimum absolute atomic E-state index is 0.0733. The van der Waals surface area contributed by atoms with E-state index >= 15 is 0 Å². The molecule has 0 heterocycles. The van der Waals surface area contributed by atoms with Crippen LogP contribution in [-0.2, 0) is 18.4 Å². The smallest absolute Gasteiger partial charge is 0.311 e. The predicted octanol–water partition coefficient (Wildman–Crippen LogP) is 9.38. The second-order valence-corrected chi connectivity index (χ2v) is 27.3. The molecule has 0 radical (unpaired) electrons. The number of ether oxygens (including phenoxy) is 1. The second-order valence-electron chi connectivity index (χ2n) is 18.7. The van der Waals surface area contributed by atoms with Gasteiger partial charge >= 0.3 is 5.97 Å². The van der Waals surface area contributed by atoms with Gasteiger partial charge in [-0.25, -0.2) is 0 Å². The lowest BCUT2D eigenvalue weighted by Crippen LogP contribution is -2.68. The number of hydrogen-bond acceptors (Lipinski definition) is 5. The maximum atomic E-state index is 12.8. The van der Waals surface area contributed by atoms with Gasteiger partial charge in [-0.2, -0.15) is 0 Å². The van der Waals surface area contributed by atoms with Crippen molar-refractivity contribution in [3.63, 3.8) is 0 Å². The van der Waals surface area contributed by atoms with Crippen LogP contribution in [0.25, 0.3) is 0 Å². The largest absolute Gasteiger partial charge is 0.461 e. The molecule has 0 bridgehead atoms. The Morgan fingerprint density at radius 1 is 0.684 bits per heavy atom. The van der Waals surface area contributed by atoms with Crippen LogP contribution < -0.4 is 20.7 Å². The summed E-state index contributed by atoms with van der Waals surface area (Å²) in [5.41, 5.74) is 1.13. The van der Waals surface area contributed by atoms with Crippen LogP contribution in [0.2, 0.25) is 10.1 Å². The molecule has 1 unspecified atom stereocenters. The van der Waals surface area contributed by atoms with Crippen LogP contribution in [0.1, 0.15) is 89.0 Å². The van der Waals surface area contributed by atoms with Crippen molar-refractivity contribution in [2.75, 3.05) is 13.2 Å². The summed E-state index contributed by atoms with van der Waals surface area (Å²) in [7, 11) is -5.77. The van der Waals surface area contributed by atoms with Gasteiger partial charge in [0, 0.05) is 6.61 Å². The minimum atomic E-state index is -3.08. The number of aliphatic hydroxyl groups is 1. The Morgan fingerprint density at radius 3 is 1.44 bits per heavy atom. The zero-order valence-corrected chi connectivity index (χ0v) is 38.5. The summed E-state index contributed by atoms with van der Waals surface area (Å²) >= 11 is 0. The molecule has 4 aromatic carbocycles. The van der Waals surface area contributed by atoms with E-state index < -0.39 is 34.3 Å². The monoisotopic (exact) mass is 804 g/mol. The molecule has 57 heavy (non-hydrogen) atoms. The first-order chi connectivity index (χ1) is 26.7. The molecule has 0 spiro atoms. The van der Waals surface area contributed by atoms with Crippen LogP contribution >= 0.6 is 0 Å². The summed E-state index contributed by atoms with van der Waals surface area (Å²) in [4.78, 5) is 12.8. The van der Waals surface area contributed by atoms with Gasteiger partial charge < -0.3 is 18.7 Å². The Balaban J connectivity index is 1.65. The molecular weight excluding hydrogens is 737 g/mol. The van der Waals surface area contributed by atoms with Crippen molar-refractivity contribution >= 4 is 43.4 Å². The average Bonchev–Trinajstić information content (AvgIpc) is 3.17. The number of rotatable bonds is 17. The van der Waals surface area contributed by atoms with E-state index in [-0.39, 0.29) is 28.6 Å². The van der Waals surface area contributed by atoms with Gasteiger partial charge in [0.1, 0.15) is 6.61 Å². The molecule has 0 aliphatic carbocycles. The number of carbonyl (C=O) groups excluding carboxylic acids is 1. The molecule has 0 aromatic heterocycles. The molecule has 3 atom stereocenters. The first kappa shape index (κ1) is 45.8. The van der Waals surface area contributed by atoms with Crippen molar-refractivity contribution < 1.29 is 23.5 Å². The quantitative estimate of drug-likeness (QED) is 0.0655. The molecule has 7 heteroatoms. The van der Waals surface area contributed by atoms with Gasteiger partial charge in [-0.05, 0) is 82.9 Å². The van der Waals surface area contributed by atoms with Gasteiger partial charge in [0.2, 0.25) is 0 Å². The molecule has 0 saturated heterocycles. The van der Waals surface area contributed by atoms with E-state index in [9.17, 15) is 9.90 Å². The van der Waals surface area contributed by atoms with Gasteiger partial charge in [0.05, 0.1) is 17.6 Å². The fourth-order valence-corrected chi connectivity index (χ4v) is 17.0. The maximum Gasteiger partial charge on any atom is 0.311 e. The van der Waals surface area contributed by atoms with Crippen LogP contribution in [0, 0.1) is 11.3 Å². The Kier molecular flexibility index (Phi) is 15.5. The summed E-state index contributed by atoms with van der Waals surface area (Å²) in [6, 6.07) is 42.3. The molecule has 1 N–H and O–H groups in total. The van der Waals surface area contributed by atoms with Crippen molar-refractivity contribution in [2.45, 2.75) is 111 Å². The third kappa shape index (κ3) is 11.0. The van der Waals surface area contributed by atoms with Crippen molar-refractivity contribution in [2.24, 2.45) is 11.3 Å². The third-order valence-corrected chi connectivity index (χ3v) is 21.1. The highest BCUT2D eigenvalue weighted by atomic mass is 28.4. The molecular formula is C50H68O5Si2. The van der Waals surface area contributed by atoms with Crippen LogP contribution in [0.4, 0.5) is 0 Å². The van der Waals surface area contributed by atoms with E-state index in [1.165, 1.54) is 10.4 Å². The molecule has 0 aliphatic heterocycles. The van der Waals surface area contributed by atoms with Crippen LogP contribution in [0.3, 0.4) is 0 Å². The molecule has 0 fully saturated rings. The maximum absolute atomic E-state index is 12.8. The summed E-state index contributed by atoms with van der Waals surface area (Å²) in [5.74, 6) is -0.202. The number of benzene rings is 4. The Hall–Kier alpha value is -3.86. The summed E-state index contributed by atoms with van der Waals surface area (Å²) in [6.07, 6.45) is 1.45. The number of aliphatic hydroxyl groups excluding tert-OH is 1. The minimum Gasteiger partial charge on any atom is -0.461 e. The van der Waals surface area contributed by atoms with Crippen molar-refractivity contribution in [1.29, 1.82) is 0 Å². The van der Waals surface area contributed by atoms with Gasteiger partial charge in [0.15, 0.2) is 0 Å². The van der Waals surface area contributed by atoms with E-state index in [0.29, 0.717) is 13.0 Å². The van der Waals surface area contributed by atoms with E-state index in [1.54, 1.807) is 0 Å². The molecule has 4 aromatic rings. The summed E-state index contributed by atoms with van der Waals surface area (Å²) in [6.45, 7) is 28.5. The van der Waals surface area contributed by atoms with Crippen molar-refractivity contribution in [3.05, 3.63) is 145 Å². The molecule has 4 rings (SSSR count). The lowest BCUT2D eigenvalue weighted by Gasteiger charge is -2.45. The van der Waals surface area contributed by atoms with Gasteiger partial charge in [-0.3, -0.25) is 4.79 Å². The zero-order chi connectivity index (χ0) is 42.1. The first-order valence-electron chi connectivity index (χ1n) is 20.5. The second kappa shape index (κ2) is 19.3. The number of hydrogen-bond donors (Lipinski definition) is 1. The summed E-state index contributed by atoms with van der Waals surface area (Å²) in [5, 5.41) is 16.6. The van der Waals surface area contributed by atoms with E-state index in [1.807, 2.05) is 45.9 Å². The highest BCUT2D eigenvalue weighted by Gasteiger charge is 2.52. The lowest BCUT2D eigenvalue weighted by atomic mass is 9.92. The van der Waals surface area contributed by atoms with Crippen LogP contribution in [0.15, 0.2) is 145 Å². The molecule has 5 nitrogen and oxygen atoms in total. The van der Waals surface area contributed by atoms with Crippen LogP contribution in [0.5, 0.6) is 0 Å². The first-order valence-corrected chi connectivity index (χ1v) is 24.3. The molecule has 0 saturated carbocycles. The predicted molar refractivity (Wildman–Crippen MR) is 244 cm³/mol. The van der Waals surface area contributed by atoms with Crippen LogP contribution in [-0.4, -0.2) is 53.1 Å². The van der Waals surface area contributed by atoms with Gasteiger partial charge in [0.25, 0.3) is 16.6 Å². The highest BCUT2D eigenvalue weighted by Crippen LogP contribution is 2.39.